The van der Waals surface area contributed by atoms with E-state index in [-0.39, 0.29) is 17.9 Å². The van der Waals surface area contributed by atoms with Gasteiger partial charge in [-0.1, -0.05) is 19.0 Å². The monoisotopic (exact) mass is 327 g/mol. The number of anilines is 1. The van der Waals surface area contributed by atoms with E-state index in [2.05, 4.69) is 26.5 Å². The van der Waals surface area contributed by atoms with Crippen molar-refractivity contribution in [3.8, 4) is 6.07 Å². The van der Waals surface area contributed by atoms with Crippen molar-refractivity contribution >= 4 is 5.82 Å². The van der Waals surface area contributed by atoms with Crippen LogP contribution in [0.3, 0.4) is 0 Å². The Labute approximate surface area is 141 Å². The zero-order valence-electron chi connectivity index (χ0n) is 13.9. The van der Waals surface area contributed by atoms with Gasteiger partial charge in [0.15, 0.2) is 5.82 Å². The van der Waals surface area contributed by atoms with Crippen LogP contribution in [-0.4, -0.2) is 28.3 Å². The van der Waals surface area contributed by atoms with Gasteiger partial charge in [0.25, 0.3) is 0 Å². The van der Waals surface area contributed by atoms with E-state index in [9.17, 15) is 5.26 Å². The van der Waals surface area contributed by atoms with Gasteiger partial charge in [0.05, 0.1) is 5.56 Å². The van der Waals surface area contributed by atoms with Crippen molar-refractivity contribution in [3.05, 3.63) is 35.6 Å². The highest BCUT2D eigenvalue weighted by Gasteiger charge is 2.31. The average molecular weight is 327 g/mol. The van der Waals surface area contributed by atoms with E-state index in [1.165, 1.54) is 0 Å². The molecule has 3 rings (SSSR count). The van der Waals surface area contributed by atoms with E-state index >= 15 is 0 Å². The topological polar surface area (TPSA) is 96.9 Å². The number of nitrogens with one attached hydrogen (secondary N) is 1. The molecule has 3 heterocycles. The summed E-state index contributed by atoms with van der Waals surface area (Å²) in [5, 5.41) is 16.7. The van der Waals surface area contributed by atoms with E-state index in [0.717, 1.165) is 12.8 Å². The molecule has 0 saturated carbocycles. The van der Waals surface area contributed by atoms with Crippen molar-refractivity contribution in [2.75, 3.05) is 18.5 Å². The summed E-state index contributed by atoms with van der Waals surface area (Å²) in [6.07, 6.45) is 3.45. The molecule has 7 nitrogen and oxygen atoms in total. The second kappa shape index (κ2) is 7.41. The third-order valence-electron chi connectivity index (χ3n) is 4.20. The Balaban J connectivity index is 1.90. The third-order valence-corrected chi connectivity index (χ3v) is 4.20. The number of nitrogens with zero attached hydrogens (tertiary/aromatic N) is 4. The van der Waals surface area contributed by atoms with Crippen LogP contribution in [0.15, 0.2) is 22.9 Å². The van der Waals surface area contributed by atoms with Gasteiger partial charge in [-0.15, -0.1) is 0 Å². The summed E-state index contributed by atoms with van der Waals surface area (Å²) < 4.78 is 11.0. The molecule has 2 aromatic heterocycles. The first-order valence-corrected chi connectivity index (χ1v) is 8.22. The van der Waals surface area contributed by atoms with Gasteiger partial charge in [-0.25, -0.2) is 4.98 Å². The van der Waals surface area contributed by atoms with E-state index in [4.69, 9.17) is 9.26 Å². The summed E-state index contributed by atoms with van der Waals surface area (Å²) >= 11 is 0. The molecule has 1 atom stereocenters. The Morgan fingerprint density at radius 2 is 2.12 bits per heavy atom. The van der Waals surface area contributed by atoms with E-state index < -0.39 is 0 Å². The summed E-state index contributed by atoms with van der Waals surface area (Å²) in [5.41, 5.74) is 0.498. The van der Waals surface area contributed by atoms with Crippen molar-refractivity contribution in [2.24, 2.45) is 5.92 Å². The molecule has 1 N–H and O–H groups in total. The maximum atomic E-state index is 9.29. The lowest BCUT2D eigenvalue weighted by atomic mass is 9.91. The molecule has 1 fully saturated rings. The molecule has 0 amide bonds. The van der Waals surface area contributed by atoms with Crippen LogP contribution in [0.2, 0.25) is 0 Å². The van der Waals surface area contributed by atoms with Crippen LogP contribution in [-0.2, 0) is 4.74 Å². The molecule has 24 heavy (non-hydrogen) atoms. The molecule has 126 valence electrons. The maximum Gasteiger partial charge on any atom is 0.249 e. The van der Waals surface area contributed by atoms with Crippen LogP contribution < -0.4 is 5.32 Å². The molecule has 0 spiro atoms. The van der Waals surface area contributed by atoms with Gasteiger partial charge in [-0.05, 0) is 30.9 Å². The number of ether oxygens (including phenoxy) is 1. The summed E-state index contributed by atoms with van der Waals surface area (Å²) in [6, 6.07) is 5.46. The number of nitriles is 1. The summed E-state index contributed by atoms with van der Waals surface area (Å²) in [4.78, 5) is 8.84. The highest BCUT2D eigenvalue weighted by molar-refractivity contribution is 5.52. The molecule has 0 radical (unpaired) electrons. The van der Waals surface area contributed by atoms with Crippen molar-refractivity contribution in [2.45, 2.75) is 38.6 Å². The number of hydrogen-bond donors (Lipinski definition) is 1. The quantitative estimate of drug-likeness (QED) is 0.901. The van der Waals surface area contributed by atoms with Crippen LogP contribution in [0.5, 0.6) is 0 Å². The third kappa shape index (κ3) is 3.54. The Hall–Kier alpha value is -2.46. The molecule has 1 unspecified atom stereocenters. The minimum atomic E-state index is -0.184. The Morgan fingerprint density at radius 1 is 1.33 bits per heavy atom. The van der Waals surface area contributed by atoms with Crippen molar-refractivity contribution < 1.29 is 9.26 Å². The highest BCUT2D eigenvalue weighted by atomic mass is 16.5. The molecule has 1 saturated heterocycles. The zero-order valence-corrected chi connectivity index (χ0v) is 13.9. The first kappa shape index (κ1) is 16.4. The summed E-state index contributed by atoms with van der Waals surface area (Å²) in [7, 11) is 0. The SMILES string of the molecule is CC(C)c1noc(C(Nc2ncccc2C#N)C2CCOCC2)n1. The molecule has 0 aromatic carbocycles. The largest absolute Gasteiger partial charge is 0.381 e. The molecular formula is C17H21N5O2. The first-order valence-electron chi connectivity index (χ1n) is 8.22. The van der Waals surface area contributed by atoms with E-state index in [0.29, 0.717) is 36.3 Å². The standard InChI is InChI=1S/C17H21N5O2/c1-11(2)15-21-17(24-22-15)14(12-5-8-23-9-6-12)20-16-13(10-18)4-3-7-19-16/h3-4,7,11-12,14H,5-6,8-9H2,1-2H3,(H,19,20). The lowest BCUT2D eigenvalue weighted by Crippen LogP contribution is -2.28. The minimum absolute atomic E-state index is 0.184. The van der Waals surface area contributed by atoms with Crippen molar-refractivity contribution in [1.82, 2.24) is 15.1 Å². The Kier molecular flexibility index (Phi) is 5.06. The molecular weight excluding hydrogens is 306 g/mol. The van der Waals surface area contributed by atoms with Crippen LogP contribution in [0.25, 0.3) is 0 Å². The predicted molar refractivity (Wildman–Crippen MR) is 87.2 cm³/mol. The smallest absolute Gasteiger partial charge is 0.249 e. The maximum absolute atomic E-state index is 9.29. The van der Waals surface area contributed by atoms with Gasteiger partial charge in [-0.2, -0.15) is 10.2 Å². The molecule has 7 heteroatoms. The number of hydrogen-bond acceptors (Lipinski definition) is 7. The number of pyridine rings is 1. The van der Waals surface area contributed by atoms with Crippen molar-refractivity contribution in [3.63, 3.8) is 0 Å². The molecule has 2 aromatic rings. The van der Waals surface area contributed by atoms with E-state index in [1.807, 2.05) is 13.8 Å². The van der Waals surface area contributed by atoms with Crippen LogP contribution >= 0.6 is 0 Å². The Morgan fingerprint density at radius 3 is 2.79 bits per heavy atom. The zero-order chi connectivity index (χ0) is 16.9. The van der Waals surface area contributed by atoms with Gasteiger partial charge in [0, 0.05) is 25.3 Å². The minimum Gasteiger partial charge on any atom is -0.381 e. The lowest BCUT2D eigenvalue weighted by molar-refractivity contribution is 0.0570. The fourth-order valence-corrected chi connectivity index (χ4v) is 2.80. The Bertz CT molecular complexity index is 716. The molecule has 1 aliphatic rings. The summed E-state index contributed by atoms with van der Waals surface area (Å²) in [5.74, 6) is 2.25. The van der Waals surface area contributed by atoms with Crippen LogP contribution in [0.4, 0.5) is 5.82 Å². The lowest BCUT2D eigenvalue weighted by Gasteiger charge is -2.29. The van der Waals surface area contributed by atoms with Gasteiger partial charge < -0.3 is 14.6 Å². The van der Waals surface area contributed by atoms with Gasteiger partial charge in [0.2, 0.25) is 5.89 Å². The van der Waals surface area contributed by atoms with Crippen LogP contribution in [0.1, 0.15) is 55.9 Å². The van der Waals surface area contributed by atoms with Gasteiger partial charge in [0.1, 0.15) is 17.9 Å². The van der Waals surface area contributed by atoms with Gasteiger partial charge in [-0.3, -0.25) is 0 Å². The second-order valence-electron chi connectivity index (χ2n) is 6.23. The predicted octanol–water partition coefficient (Wildman–Crippen LogP) is 3.04. The second-order valence-corrected chi connectivity index (χ2v) is 6.23. The molecule has 0 bridgehead atoms. The fourth-order valence-electron chi connectivity index (χ4n) is 2.80. The summed E-state index contributed by atoms with van der Waals surface area (Å²) in [6.45, 7) is 5.47. The first-order chi connectivity index (χ1) is 11.7. The molecule has 0 aliphatic carbocycles. The van der Waals surface area contributed by atoms with Crippen molar-refractivity contribution in [1.29, 1.82) is 5.26 Å². The number of rotatable bonds is 5. The molecule has 1 aliphatic heterocycles. The highest BCUT2D eigenvalue weighted by Crippen LogP contribution is 2.33. The fraction of sp³-hybridized carbons (Fsp3) is 0.529. The normalized spacial score (nSPS) is 16.8. The van der Waals surface area contributed by atoms with Crippen LogP contribution in [0, 0.1) is 17.2 Å². The number of aromatic nitrogens is 3. The average Bonchev–Trinajstić information content (AvgIpc) is 3.11. The van der Waals surface area contributed by atoms with Gasteiger partial charge >= 0.3 is 0 Å². The van der Waals surface area contributed by atoms with E-state index in [1.54, 1.807) is 18.3 Å².